The lowest BCUT2D eigenvalue weighted by Crippen LogP contribution is -2.44. The maximum Gasteiger partial charge on any atom is 0.321 e. The molecule has 0 aromatic heterocycles. The zero-order valence-corrected chi connectivity index (χ0v) is 14.0. The third-order valence-corrected chi connectivity index (χ3v) is 3.82. The first-order chi connectivity index (χ1) is 10.1. The van der Waals surface area contributed by atoms with E-state index in [1.165, 1.54) is 22.7 Å². The Balaban J connectivity index is 2.76. The fraction of sp³-hybridized carbons (Fsp3) is 0.571. The van der Waals surface area contributed by atoms with E-state index >= 15 is 0 Å². The van der Waals surface area contributed by atoms with Crippen molar-refractivity contribution < 1.29 is 19.2 Å². The summed E-state index contributed by atoms with van der Waals surface area (Å²) in [6.07, 6.45) is 1.38. The molecule has 0 aromatic rings. The number of ketones is 1. The molecule has 0 bridgehead atoms. The van der Waals surface area contributed by atoms with E-state index in [1.54, 1.807) is 27.7 Å². The number of hydrogen-bond donors (Lipinski definition) is 2. The highest BCUT2D eigenvalue weighted by Gasteiger charge is 2.31. The van der Waals surface area contributed by atoms with E-state index in [1.807, 2.05) is 0 Å². The Morgan fingerprint density at radius 1 is 1.32 bits per heavy atom. The summed E-state index contributed by atoms with van der Waals surface area (Å²) in [7, 11) is 0. The highest BCUT2D eigenvalue weighted by atomic mass is 32.2. The van der Waals surface area contributed by atoms with Crippen molar-refractivity contribution in [2.45, 2.75) is 27.7 Å². The fourth-order valence-corrected chi connectivity index (χ4v) is 2.48. The van der Waals surface area contributed by atoms with Crippen LogP contribution in [0.15, 0.2) is 11.1 Å². The molecule has 0 spiro atoms. The fourth-order valence-electron chi connectivity index (χ4n) is 1.54. The Hall–Kier alpha value is -1.83. The average Bonchev–Trinajstić information content (AvgIpc) is 2.70. The van der Waals surface area contributed by atoms with Gasteiger partial charge in [0.25, 0.3) is 0 Å². The molecule has 0 saturated carbocycles. The van der Waals surface area contributed by atoms with Gasteiger partial charge in [-0.05, 0) is 6.92 Å². The zero-order valence-electron chi connectivity index (χ0n) is 13.2. The van der Waals surface area contributed by atoms with Gasteiger partial charge in [-0.25, -0.2) is 4.79 Å². The molecule has 0 atom stereocenters. The minimum Gasteiger partial charge on any atom is -0.338 e. The molecule has 0 aliphatic carbocycles. The Morgan fingerprint density at radius 3 is 2.50 bits per heavy atom. The molecule has 4 amide bonds. The summed E-state index contributed by atoms with van der Waals surface area (Å²) in [6, 6.07) is -0.608. The predicted octanol–water partition coefficient (Wildman–Crippen LogP) is 0.864. The molecule has 122 valence electrons. The van der Waals surface area contributed by atoms with Gasteiger partial charge in [-0.2, -0.15) is 0 Å². The standard InChI is InChI=1S/C14H21N3O4S/c1-5-15-13(21)16-10(19)7-17-11(20)8-22-12(17)6-9(18)14(2,3)4/h6H,5,7-8H2,1-4H3,(H2,15,16,19,21)/b12-6-. The Morgan fingerprint density at radius 2 is 1.95 bits per heavy atom. The topological polar surface area (TPSA) is 95.6 Å². The van der Waals surface area contributed by atoms with Gasteiger partial charge in [-0.3, -0.25) is 24.6 Å². The van der Waals surface area contributed by atoms with E-state index in [0.717, 1.165) is 0 Å². The van der Waals surface area contributed by atoms with Gasteiger partial charge in [-0.15, -0.1) is 0 Å². The highest BCUT2D eigenvalue weighted by molar-refractivity contribution is 8.04. The van der Waals surface area contributed by atoms with Gasteiger partial charge in [-0.1, -0.05) is 32.5 Å². The SMILES string of the molecule is CCNC(=O)NC(=O)CN1C(=O)CS/C1=C\C(=O)C(C)(C)C. The van der Waals surface area contributed by atoms with E-state index in [2.05, 4.69) is 10.6 Å². The molecule has 1 fully saturated rings. The van der Waals surface area contributed by atoms with Crippen molar-refractivity contribution in [2.24, 2.45) is 5.41 Å². The molecule has 0 unspecified atom stereocenters. The Kier molecular flexibility index (Phi) is 6.16. The van der Waals surface area contributed by atoms with E-state index < -0.39 is 17.4 Å². The smallest absolute Gasteiger partial charge is 0.321 e. The summed E-state index contributed by atoms with van der Waals surface area (Å²) in [4.78, 5) is 48.1. The second-order valence-electron chi connectivity index (χ2n) is 5.77. The second kappa shape index (κ2) is 7.44. The van der Waals surface area contributed by atoms with Crippen LogP contribution < -0.4 is 10.6 Å². The lowest BCUT2D eigenvalue weighted by atomic mass is 9.91. The number of nitrogens with zero attached hydrogens (tertiary/aromatic N) is 1. The average molecular weight is 327 g/mol. The zero-order chi connectivity index (χ0) is 16.9. The summed E-state index contributed by atoms with van der Waals surface area (Å²) in [5.41, 5.74) is -0.561. The molecule has 22 heavy (non-hydrogen) atoms. The molecule has 1 heterocycles. The Labute approximate surface area is 133 Å². The lowest BCUT2D eigenvalue weighted by Gasteiger charge is -2.18. The van der Waals surface area contributed by atoms with Crippen LogP contribution in [0.2, 0.25) is 0 Å². The van der Waals surface area contributed by atoms with Crippen molar-refractivity contribution in [1.29, 1.82) is 0 Å². The van der Waals surface area contributed by atoms with E-state index in [9.17, 15) is 19.2 Å². The molecule has 1 saturated heterocycles. The summed E-state index contributed by atoms with van der Waals surface area (Å²) >= 11 is 1.21. The van der Waals surface area contributed by atoms with Crippen LogP contribution >= 0.6 is 11.8 Å². The molecule has 2 N–H and O–H groups in total. The second-order valence-corrected chi connectivity index (χ2v) is 6.77. The van der Waals surface area contributed by atoms with Gasteiger partial charge in [0.2, 0.25) is 11.8 Å². The number of thioether (sulfide) groups is 1. The van der Waals surface area contributed by atoms with Crippen molar-refractivity contribution in [3.63, 3.8) is 0 Å². The summed E-state index contributed by atoms with van der Waals surface area (Å²) in [5.74, 6) is -0.809. The van der Waals surface area contributed by atoms with Gasteiger partial charge in [0.05, 0.1) is 10.8 Å². The number of urea groups is 1. The van der Waals surface area contributed by atoms with E-state index in [0.29, 0.717) is 11.6 Å². The first-order valence-corrected chi connectivity index (χ1v) is 7.90. The van der Waals surface area contributed by atoms with Crippen molar-refractivity contribution in [3.05, 3.63) is 11.1 Å². The number of hydrogen-bond acceptors (Lipinski definition) is 5. The number of rotatable bonds is 4. The summed E-state index contributed by atoms with van der Waals surface area (Å²) in [6.45, 7) is 7.17. The van der Waals surface area contributed by atoms with Gasteiger partial charge < -0.3 is 5.32 Å². The number of amides is 4. The van der Waals surface area contributed by atoms with Crippen LogP contribution in [-0.2, 0) is 14.4 Å². The van der Waals surface area contributed by atoms with Crippen molar-refractivity contribution >= 4 is 35.4 Å². The molecule has 1 aliphatic rings. The van der Waals surface area contributed by atoms with E-state index in [-0.39, 0.29) is 24.0 Å². The largest absolute Gasteiger partial charge is 0.338 e. The van der Waals surface area contributed by atoms with Crippen LogP contribution in [0.25, 0.3) is 0 Å². The van der Waals surface area contributed by atoms with Gasteiger partial charge in [0.15, 0.2) is 5.78 Å². The molecular formula is C14H21N3O4S. The molecule has 0 radical (unpaired) electrons. The molecule has 0 aromatic carbocycles. The van der Waals surface area contributed by atoms with Crippen molar-refractivity contribution in [3.8, 4) is 0 Å². The molecule has 7 nitrogen and oxygen atoms in total. The Bertz CT molecular complexity index is 523. The van der Waals surface area contributed by atoms with Crippen LogP contribution in [0.5, 0.6) is 0 Å². The van der Waals surface area contributed by atoms with Gasteiger partial charge in [0, 0.05) is 18.0 Å². The maximum atomic E-state index is 12.0. The first kappa shape index (κ1) is 18.2. The third kappa shape index (κ3) is 5.18. The first-order valence-electron chi connectivity index (χ1n) is 6.92. The van der Waals surface area contributed by atoms with Crippen molar-refractivity contribution in [1.82, 2.24) is 15.5 Å². The van der Waals surface area contributed by atoms with Crippen LogP contribution in [-0.4, -0.2) is 47.4 Å². The third-order valence-electron chi connectivity index (χ3n) is 2.80. The quantitative estimate of drug-likeness (QED) is 0.747. The number of carbonyl (C=O) groups excluding carboxylic acids is 4. The number of imide groups is 1. The van der Waals surface area contributed by atoms with Crippen LogP contribution in [0.3, 0.4) is 0 Å². The minimum atomic E-state index is -0.608. The van der Waals surface area contributed by atoms with Crippen LogP contribution in [0.4, 0.5) is 4.79 Å². The van der Waals surface area contributed by atoms with Crippen LogP contribution in [0.1, 0.15) is 27.7 Å². The van der Waals surface area contributed by atoms with Crippen molar-refractivity contribution in [2.75, 3.05) is 18.8 Å². The maximum absolute atomic E-state index is 12.0. The minimum absolute atomic E-state index is 0.126. The van der Waals surface area contributed by atoms with Gasteiger partial charge >= 0.3 is 6.03 Å². The summed E-state index contributed by atoms with van der Waals surface area (Å²) < 4.78 is 0. The van der Waals surface area contributed by atoms with E-state index in [4.69, 9.17) is 0 Å². The molecular weight excluding hydrogens is 306 g/mol. The predicted molar refractivity (Wildman–Crippen MR) is 83.9 cm³/mol. The normalized spacial score (nSPS) is 16.8. The highest BCUT2D eigenvalue weighted by Crippen LogP contribution is 2.30. The van der Waals surface area contributed by atoms with Gasteiger partial charge in [0.1, 0.15) is 6.54 Å². The summed E-state index contributed by atoms with van der Waals surface area (Å²) in [5, 5.41) is 5.00. The number of allylic oxidation sites excluding steroid dienone is 1. The number of carbonyl (C=O) groups is 4. The molecule has 1 aliphatic heterocycles. The molecule has 1 rings (SSSR count). The number of nitrogens with one attached hydrogen (secondary N) is 2. The molecule has 8 heteroatoms. The lowest BCUT2D eigenvalue weighted by molar-refractivity contribution is -0.130. The van der Waals surface area contributed by atoms with Crippen LogP contribution in [0, 0.1) is 5.41 Å². The monoisotopic (exact) mass is 327 g/mol.